The fraction of sp³-hybridized carbons (Fsp3) is 0.647. The molecule has 0 radical (unpaired) electrons. The van der Waals surface area contributed by atoms with Crippen LogP contribution in [0.5, 0.6) is 5.75 Å². The lowest BCUT2D eigenvalue weighted by molar-refractivity contribution is 0.125. The van der Waals surface area contributed by atoms with Gasteiger partial charge < -0.3 is 5.11 Å². The molecule has 1 aromatic carbocycles. The van der Waals surface area contributed by atoms with Gasteiger partial charge in [0.25, 0.3) is 0 Å². The molecule has 2 heteroatoms. The first-order valence-corrected chi connectivity index (χ1v) is 7.80. The molecule has 2 nitrogen and oxygen atoms in total. The Kier molecular flexibility index (Phi) is 3.79. The smallest absolute Gasteiger partial charge is 0.119 e. The second-order valence-electron chi connectivity index (χ2n) is 6.21. The molecule has 2 aliphatic rings. The normalized spacial score (nSPS) is 24.4. The largest absolute Gasteiger partial charge is 0.508 e. The summed E-state index contributed by atoms with van der Waals surface area (Å²) in [6.07, 6.45) is 10.4. The van der Waals surface area contributed by atoms with E-state index in [4.69, 9.17) is 0 Å². The third-order valence-corrected chi connectivity index (χ3v) is 5.09. The summed E-state index contributed by atoms with van der Waals surface area (Å²) < 4.78 is 0. The van der Waals surface area contributed by atoms with Gasteiger partial charge in [-0.05, 0) is 56.3 Å². The molecule has 1 aromatic rings. The van der Waals surface area contributed by atoms with Crippen molar-refractivity contribution in [1.29, 1.82) is 0 Å². The predicted molar refractivity (Wildman–Crippen MR) is 78.4 cm³/mol. The van der Waals surface area contributed by atoms with Gasteiger partial charge in [-0.25, -0.2) is 0 Å². The van der Waals surface area contributed by atoms with Gasteiger partial charge in [0.15, 0.2) is 0 Å². The molecule has 0 heterocycles. The van der Waals surface area contributed by atoms with Crippen molar-refractivity contribution in [3.8, 4) is 5.75 Å². The van der Waals surface area contributed by atoms with Gasteiger partial charge in [-0.1, -0.05) is 31.4 Å². The number of nitrogens with zero attached hydrogens (tertiary/aromatic N) is 1. The number of hydrogen-bond donors (Lipinski definition) is 1. The van der Waals surface area contributed by atoms with Crippen LogP contribution in [0.15, 0.2) is 18.2 Å². The van der Waals surface area contributed by atoms with E-state index in [-0.39, 0.29) is 0 Å². The molecule has 0 saturated heterocycles. The summed E-state index contributed by atoms with van der Waals surface area (Å²) in [6, 6.07) is 7.31. The molecule has 0 aliphatic heterocycles. The van der Waals surface area contributed by atoms with E-state index in [0.717, 1.165) is 12.5 Å². The number of rotatable bonds is 2. The molecular formula is C17H25NO. The zero-order valence-corrected chi connectivity index (χ0v) is 11.9. The van der Waals surface area contributed by atoms with Crippen molar-refractivity contribution < 1.29 is 5.11 Å². The van der Waals surface area contributed by atoms with E-state index in [1.54, 1.807) is 0 Å². The predicted octanol–water partition coefficient (Wildman–Crippen LogP) is 4.03. The minimum atomic E-state index is 0.499. The summed E-state index contributed by atoms with van der Waals surface area (Å²) in [7, 11) is 2.29. The fourth-order valence-electron chi connectivity index (χ4n) is 3.97. The molecule has 0 aromatic heterocycles. The van der Waals surface area contributed by atoms with E-state index in [0.29, 0.717) is 11.8 Å². The van der Waals surface area contributed by atoms with Gasteiger partial charge in [0.1, 0.15) is 5.75 Å². The van der Waals surface area contributed by atoms with Crippen LogP contribution < -0.4 is 0 Å². The zero-order chi connectivity index (χ0) is 13.2. The Labute approximate surface area is 116 Å². The summed E-state index contributed by atoms with van der Waals surface area (Å²) in [5, 5.41) is 10.0. The lowest BCUT2D eigenvalue weighted by Crippen LogP contribution is -2.38. The number of benzene rings is 1. The van der Waals surface area contributed by atoms with Crippen LogP contribution in [0.2, 0.25) is 0 Å². The average Bonchev–Trinajstić information content (AvgIpc) is 2.47. The first-order chi connectivity index (χ1) is 9.27. The Balaban J connectivity index is 1.84. The number of aromatic hydroxyl groups is 1. The van der Waals surface area contributed by atoms with Gasteiger partial charge in [0, 0.05) is 12.1 Å². The zero-order valence-electron chi connectivity index (χ0n) is 11.9. The monoisotopic (exact) mass is 259 g/mol. The highest BCUT2D eigenvalue weighted by atomic mass is 16.3. The summed E-state index contributed by atoms with van der Waals surface area (Å²) in [4.78, 5) is 2.59. The molecule has 1 fully saturated rings. The number of phenolic OH excluding ortho intramolecular Hbond substituents is 1. The number of phenols is 1. The molecule has 1 saturated carbocycles. The molecule has 2 aliphatic carbocycles. The maximum atomic E-state index is 10.0. The lowest BCUT2D eigenvalue weighted by atomic mass is 9.84. The lowest BCUT2D eigenvalue weighted by Gasteiger charge is -2.40. The van der Waals surface area contributed by atoms with Gasteiger partial charge in [-0.2, -0.15) is 0 Å². The van der Waals surface area contributed by atoms with Crippen molar-refractivity contribution in [2.24, 2.45) is 0 Å². The molecule has 104 valence electrons. The van der Waals surface area contributed by atoms with E-state index in [1.165, 1.54) is 56.1 Å². The van der Waals surface area contributed by atoms with Crippen LogP contribution in [-0.2, 0) is 6.42 Å². The van der Waals surface area contributed by atoms with Crippen LogP contribution in [0.25, 0.3) is 0 Å². The highest BCUT2D eigenvalue weighted by molar-refractivity contribution is 5.42. The third kappa shape index (κ3) is 2.51. The van der Waals surface area contributed by atoms with E-state index in [2.05, 4.69) is 18.0 Å². The highest BCUT2D eigenvalue weighted by Gasteiger charge is 2.29. The van der Waals surface area contributed by atoms with Gasteiger partial charge in [0.2, 0.25) is 0 Å². The molecule has 0 bridgehead atoms. The standard InChI is InChI=1S/C17H25NO/c1-18(13-7-3-2-4-8-13)16-11-5-10-15-14(16)9-6-12-17(15)19/h6,9,12-13,16,19H,2-5,7-8,10-11H2,1H3. The van der Waals surface area contributed by atoms with Crippen molar-refractivity contribution in [2.75, 3.05) is 7.05 Å². The first kappa shape index (κ1) is 13.0. The molecule has 0 spiro atoms. The first-order valence-electron chi connectivity index (χ1n) is 7.80. The second kappa shape index (κ2) is 5.54. The van der Waals surface area contributed by atoms with E-state index in [9.17, 15) is 5.11 Å². The van der Waals surface area contributed by atoms with E-state index < -0.39 is 0 Å². The topological polar surface area (TPSA) is 23.5 Å². The third-order valence-electron chi connectivity index (χ3n) is 5.09. The summed E-state index contributed by atoms with van der Waals surface area (Å²) in [5.41, 5.74) is 2.57. The van der Waals surface area contributed by atoms with Crippen LogP contribution in [0.3, 0.4) is 0 Å². The molecule has 3 rings (SSSR count). The summed E-state index contributed by atoms with van der Waals surface area (Å²) in [6.45, 7) is 0. The van der Waals surface area contributed by atoms with Gasteiger partial charge in [-0.3, -0.25) is 4.90 Å². The molecule has 1 atom stereocenters. The summed E-state index contributed by atoms with van der Waals surface area (Å²) in [5.74, 6) is 0.499. The molecular weight excluding hydrogens is 234 g/mol. The van der Waals surface area contributed by atoms with Crippen LogP contribution in [0.4, 0.5) is 0 Å². The Morgan fingerprint density at radius 3 is 2.63 bits per heavy atom. The average molecular weight is 259 g/mol. The SMILES string of the molecule is CN(C1CCCCC1)C1CCCc2c(O)cccc21. The number of fused-ring (bicyclic) bond motifs is 1. The van der Waals surface area contributed by atoms with Gasteiger partial charge in [0.05, 0.1) is 0 Å². The maximum absolute atomic E-state index is 10.0. The Morgan fingerprint density at radius 2 is 1.84 bits per heavy atom. The molecule has 1 unspecified atom stereocenters. The Morgan fingerprint density at radius 1 is 1.05 bits per heavy atom. The minimum absolute atomic E-state index is 0.499. The van der Waals surface area contributed by atoms with Crippen molar-refractivity contribution in [3.05, 3.63) is 29.3 Å². The van der Waals surface area contributed by atoms with Gasteiger partial charge >= 0.3 is 0 Å². The van der Waals surface area contributed by atoms with Crippen molar-refractivity contribution in [2.45, 2.75) is 63.5 Å². The fourth-order valence-corrected chi connectivity index (χ4v) is 3.97. The van der Waals surface area contributed by atoms with Crippen molar-refractivity contribution >= 4 is 0 Å². The van der Waals surface area contributed by atoms with Gasteiger partial charge in [-0.15, -0.1) is 0 Å². The van der Waals surface area contributed by atoms with Crippen LogP contribution in [-0.4, -0.2) is 23.1 Å². The molecule has 1 N–H and O–H groups in total. The van der Waals surface area contributed by atoms with Crippen LogP contribution >= 0.6 is 0 Å². The molecule has 0 amide bonds. The van der Waals surface area contributed by atoms with Crippen LogP contribution in [0.1, 0.15) is 62.1 Å². The molecule has 19 heavy (non-hydrogen) atoms. The van der Waals surface area contributed by atoms with E-state index >= 15 is 0 Å². The Hall–Kier alpha value is -1.02. The van der Waals surface area contributed by atoms with Crippen molar-refractivity contribution in [1.82, 2.24) is 4.90 Å². The highest BCUT2D eigenvalue weighted by Crippen LogP contribution is 2.39. The van der Waals surface area contributed by atoms with Crippen molar-refractivity contribution in [3.63, 3.8) is 0 Å². The maximum Gasteiger partial charge on any atom is 0.119 e. The number of hydrogen-bond acceptors (Lipinski definition) is 2. The quantitative estimate of drug-likeness (QED) is 0.866. The minimum Gasteiger partial charge on any atom is -0.508 e. The second-order valence-corrected chi connectivity index (χ2v) is 6.21. The van der Waals surface area contributed by atoms with Crippen LogP contribution in [0, 0.1) is 0 Å². The Bertz CT molecular complexity index is 437. The summed E-state index contributed by atoms with van der Waals surface area (Å²) >= 11 is 0. The van der Waals surface area contributed by atoms with E-state index in [1.807, 2.05) is 12.1 Å².